The van der Waals surface area contributed by atoms with E-state index in [0.717, 1.165) is 6.42 Å². The van der Waals surface area contributed by atoms with Crippen LogP contribution in [0.2, 0.25) is 0 Å². The molecule has 0 fully saturated rings. The summed E-state index contributed by atoms with van der Waals surface area (Å²) in [5, 5.41) is 0.389. The molecule has 1 aromatic rings. The van der Waals surface area contributed by atoms with Crippen LogP contribution >= 0.6 is 12.2 Å². The average Bonchev–Trinajstić information content (AvgIpc) is 2.25. The van der Waals surface area contributed by atoms with Crippen LogP contribution in [0.3, 0.4) is 0 Å². The lowest BCUT2D eigenvalue weighted by molar-refractivity contribution is -0.118. The van der Waals surface area contributed by atoms with Gasteiger partial charge in [-0.15, -0.1) is 0 Å². The average molecular weight is 264 g/mol. The van der Waals surface area contributed by atoms with Gasteiger partial charge in [0, 0.05) is 6.42 Å². The predicted octanol–water partition coefficient (Wildman–Crippen LogP) is 3.72. The fourth-order valence-electron chi connectivity index (χ4n) is 1.56. The highest BCUT2D eigenvalue weighted by Crippen LogP contribution is 2.11. The molecule has 0 atom stereocenters. The SMILES string of the molecule is CC(C)(C)OC(=S)CC(=O)CCc1ccccc1. The second-order valence-electron chi connectivity index (χ2n) is 5.29. The van der Waals surface area contributed by atoms with Crippen LogP contribution in [0.4, 0.5) is 0 Å². The summed E-state index contributed by atoms with van der Waals surface area (Å²) in [4.78, 5) is 11.7. The maximum absolute atomic E-state index is 11.7. The Morgan fingerprint density at radius 2 is 1.83 bits per heavy atom. The van der Waals surface area contributed by atoms with Crippen LogP contribution in [0.15, 0.2) is 30.3 Å². The van der Waals surface area contributed by atoms with Gasteiger partial charge in [0.15, 0.2) is 5.05 Å². The first-order valence-corrected chi connectivity index (χ1v) is 6.55. The minimum atomic E-state index is -0.323. The van der Waals surface area contributed by atoms with Gasteiger partial charge in [0.1, 0.15) is 11.4 Å². The molecule has 0 aromatic heterocycles. The third kappa shape index (κ3) is 6.50. The number of carbonyl (C=O) groups excluding carboxylic acids is 1. The molecule has 0 amide bonds. The van der Waals surface area contributed by atoms with Gasteiger partial charge >= 0.3 is 0 Å². The third-order valence-electron chi connectivity index (χ3n) is 2.30. The number of ketones is 1. The quantitative estimate of drug-likeness (QED) is 0.758. The van der Waals surface area contributed by atoms with Gasteiger partial charge in [-0.25, -0.2) is 0 Å². The molecule has 0 heterocycles. The largest absolute Gasteiger partial charge is 0.481 e. The highest BCUT2D eigenvalue weighted by atomic mass is 32.1. The molecule has 1 aromatic carbocycles. The lowest BCUT2D eigenvalue weighted by atomic mass is 10.1. The standard InChI is InChI=1S/C15H20O2S/c1-15(2,3)17-14(18)11-13(16)10-9-12-7-5-4-6-8-12/h4-8H,9-11H2,1-3H3. The Kier molecular flexibility index (Phi) is 5.48. The summed E-state index contributed by atoms with van der Waals surface area (Å²) >= 11 is 5.07. The number of hydrogen-bond acceptors (Lipinski definition) is 3. The van der Waals surface area contributed by atoms with E-state index in [-0.39, 0.29) is 17.8 Å². The fraction of sp³-hybridized carbons (Fsp3) is 0.467. The van der Waals surface area contributed by atoms with Crippen molar-refractivity contribution in [3.63, 3.8) is 0 Å². The summed E-state index contributed by atoms with van der Waals surface area (Å²) in [6.07, 6.45) is 1.51. The van der Waals surface area contributed by atoms with E-state index in [4.69, 9.17) is 17.0 Å². The Morgan fingerprint density at radius 1 is 1.22 bits per heavy atom. The number of ether oxygens (including phenoxy) is 1. The molecule has 0 radical (unpaired) electrons. The molecule has 0 saturated heterocycles. The number of Topliss-reactive ketones (excluding diaryl/α,β-unsaturated/α-hetero) is 1. The van der Waals surface area contributed by atoms with Gasteiger partial charge in [-0.3, -0.25) is 4.79 Å². The van der Waals surface area contributed by atoms with Crippen LogP contribution in [0.25, 0.3) is 0 Å². The molecule has 0 aliphatic carbocycles. The molecule has 0 aliphatic rings. The molecule has 0 bridgehead atoms. The Morgan fingerprint density at radius 3 is 2.39 bits per heavy atom. The van der Waals surface area contributed by atoms with Crippen LogP contribution in [0.5, 0.6) is 0 Å². The van der Waals surface area contributed by atoms with E-state index < -0.39 is 0 Å². The Bertz CT molecular complexity index is 404. The van der Waals surface area contributed by atoms with E-state index in [2.05, 4.69) is 0 Å². The maximum Gasteiger partial charge on any atom is 0.167 e. The zero-order valence-electron chi connectivity index (χ0n) is 11.2. The summed E-state index contributed by atoms with van der Waals surface area (Å²) in [6.45, 7) is 5.77. The number of aryl methyl sites for hydroxylation is 1. The van der Waals surface area contributed by atoms with Gasteiger partial charge in [0.25, 0.3) is 0 Å². The van der Waals surface area contributed by atoms with Crippen LogP contribution in [0.1, 0.15) is 39.2 Å². The van der Waals surface area contributed by atoms with Crippen molar-refractivity contribution in [2.75, 3.05) is 0 Å². The number of hydrogen-bond donors (Lipinski definition) is 0. The van der Waals surface area contributed by atoms with Crippen molar-refractivity contribution in [3.05, 3.63) is 35.9 Å². The summed E-state index contributed by atoms with van der Waals surface area (Å²) in [6, 6.07) is 9.98. The zero-order valence-corrected chi connectivity index (χ0v) is 12.0. The molecule has 1 rings (SSSR count). The van der Waals surface area contributed by atoms with Gasteiger partial charge in [0.05, 0.1) is 6.42 Å². The summed E-state index contributed by atoms with van der Waals surface area (Å²) in [7, 11) is 0. The normalized spacial score (nSPS) is 11.1. The second-order valence-corrected chi connectivity index (χ2v) is 5.74. The Balaban J connectivity index is 2.32. The molecule has 98 valence electrons. The summed E-state index contributed by atoms with van der Waals surface area (Å²) < 4.78 is 5.47. The molecular weight excluding hydrogens is 244 g/mol. The van der Waals surface area contributed by atoms with Crippen molar-refractivity contribution in [1.82, 2.24) is 0 Å². The minimum absolute atomic E-state index is 0.133. The fourth-order valence-corrected chi connectivity index (χ4v) is 1.97. The van der Waals surface area contributed by atoms with E-state index >= 15 is 0 Å². The lowest BCUT2D eigenvalue weighted by Crippen LogP contribution is -2.24. The van der Waals surface area contributed by atoms with Crippen molar-refractivity contribution < 1.29 is 9.53 Å². The summed E-state index contributed by atoms with van der Waals surface area (Å²) in [5.41, 5.74) is 0.852. The summed E-state index contributed by atoms with van der Waals surface area (Å²) in [5.74, 6) is 0.133. The maximum atomic E-state index is 11.7. The molecule has 18 heavy (non-hydrogen) atoms. The molecule has 0 N–H and O–H groups in total. The third-order valence-corrected chi connectivity index (χ3v) is 2.52. The van der Waals surface area contributed by atoms with Crippen molar-refractivity contribution in [2.45, 2.75) is 45.6 Å². The van der Waals surface area contributed by atoms with E-state index in [0.29, 0.717) is 11.5 Å². The zero-order chi connectivity index (χ0) is 13.6. The molecular formula is C15H20O2S. The van der Waals surface area contributed by atoms with E-state index in [1.54, 1.807) is 0 Å². The molecule has 3 heteroatoms. The monoisotopic (exact) mass is 264 g/mol. The van der Waals surface area contributed by atoms with Crippen molar-refractivity contribution in [2.24, 2.45) is 0 Å². The van der Waals surface area contributed by atoms with E-state index in [9.17, 15) is 4.79 Å². The molecule has 0 unspecified atom stereocenters. The Labute approximate surface area is 114 Å². The number of carbonyl (C=O) groups is 1. The molecule has 2 nitrogen and oxygen atoms in total. The van der Waals surface area contributed by atoms with Crippen LogP contribution in [-0.2, 0) is 16.0 Å². The van der Waals surface area contributed by atoms with E-state index in [1.165, 1.54) is 5.56 Å². The molecule has 0 aliphatic heterocycles. The minimum Gasteiger partial charge on any atom is -0.481 e. The van der Waals surface area contributed by atoms with Gasteiger partial charge < -0.3 is 4.74 Å². The van der Waals surface area contributed by atoms with Gasteiger partial charge in [-0.1, -0.05) is 30.3 Å². The van der Waals surface area contributed by atoms with Gasteiger partial charge in [-0.05, 0) is 45.0 Å². The van der Waals surface area contributed by atoms with Crippen LogP contribution < -0.4 is 0 Å². The number of rotatable bonds is 5. The second kappa shape index (κ2) is 6.64. The highest BCUT2D eigenvalue weighted by molar-refractivity contribution is 7.80. The van der Waals surface area contributed by atoms with Crippen molar-refractivity contribution >= 4 is 23.1 Å². The van der Waals surface area contributed by atoms with Crippen LogP contribution in [-0.4, -0.2) is 16.4 Å². The number of benzene rings is 1. The molecule has 0 saturated carbocycles. The first-order valence-electron chi connectivity index (χ1n) is 6.14. The first-order chi connectivity index (χ1) is 8.37. The predicted molar refractivity (Wildman–Crippen MR) is 77.8 cm³/mol. The van der Waals surface area contributed by atoms with Crippen molar-refractivity contribution in [1.29, 1.82) is 0 Å². The molecule has 0 spiro atoms. The first kappa shape index (κ1) is 14.8. The smallest absolute Gasteiger partial charge is 0.167 e. The van der Waals surface area contributed by atoms with Crippen LogP contribution in [0, 0.1) is 0 Å². The topological polar surface area (TPSA) is 26.3 Å². The number of thiocarbonyl (C=S) groups is 1. The van der Waals surface area contributed by atoms with E-state index in [1.807, 2.05) is 51.1 Å². The van der Waals surface area contributed by atoms with Gasteiger partial charge in [0.2, 0.25) is 0 Å². The van der Waals surface area contributed by atoms with Gasteiger partial charge in [-0.2, -0.15) is 0 Å². The Hall–Kier alpha value is -1.22. The van der Waals surface area contributed by atoms with Crippen molar-refractivity contribution in [3.8, 4) is 0 Å². The lowest BCUT2D eigenvalue weighted by Gasteiger charge is -2.21. The highest BCUT2D eigenvalue weighted by Gasteiger charge is 2.15.